The minimum Gasteiger partial charge on any atom is -0.462 e. The average molecular weight is 326 g/mol. The first-order chi connectivity index (χ1) is 11.6. The molecule has 24 heavy (non-hydrogen) atoms. The Morgan fingerprint density at radius 1 is 0.833 bits per heavy atom. The Morgan fingerprint density at radius 3 is 1.88 bits per heavy atom. The second kappa shape index (κ2) is 8.87. The minimum atomic E-state index is -0.337. The highest BCUT2D eigenvalue weighted by atomic mass is 16.5. The quantitative estimate of drug-likeness (QED) is 0.718. The highest BCUT2D eigenvalue weighted by Crippen LogP contribution is 2.13. The zero-order chi connectivity index (χ0) is 17.4. The van der Waals surface area contributed by atoms with Crippen LogP contribution in [0.25, 0.3) is 0 Å². The fourth-order valence-electron chi connectivity index (χ4n) is 2.38. The first kappa shape index (κ1) is 17.7. The molecule has 0 fully saturated rings. The summed E-state index contributed by atoms with van der Waals surface area (Å²) in [5, 5.41) is 0. The largest absolute Gasteiger partial charge is 0.462 e. The van der Waals surface area contributed by atoms with Crippen molar-refractivity contribution in [2.45, 2.75) is 26.4 Å². The van der Waals surface area contributed by atoms with Crippen LogP contribution < -0.4 is 0 Å². The summed E-state index contributed by atoms with van der Waals surface area (Å²) in [4.78, 5) is 23.9. The maximum absolute atomic E-state index is 12.0. The van der Waals surface area contributed by atoms with Gasteiger partial charge in [0.25, 0.3) is 0 Å². The highest BCUT2D eigenvalue weighted by Gasteiger charge is 2.16. The fourth-order valence-corrected chi connectivity index (χ4v) is 2.38. The maximum atomic E-state index is 12.0. The molecule has 0 aromatic heterocycles. The van der Waals surface area contributed by atoms with Crippen molar-refractivity contribution < 1.29 is 19.1 Å². The van der Waals surface area contributed by atoms with Crippen molar-refractivity contribution in [2.75, 3.05) is 6.61 Å². The van der Waals surface area contributed by atoms with Crippen LogP contribution in [-0.2, 0) is 9.47 Å². The van der Waals surface area contributed by atoms with E-state index in [4.69, 9.17) is 9.47 Å². The van der Waals surface area contributed by atoms with E-state index in [0.717, 1.165) is 0 Å². The molecule has 0 spiro atoms. The third-order valence-electron chi connectivity index (χ3n) is 3.56. The van der Waals surface area contributed by atoms with Crippen LogP contribution >= 0.6 is 0 Å². The van der Waals surface area contributed by atoms with E-state index >= 15 is 0 Å². The molecule has 0 saturated carbocycles. The molecular weight excluding hydrogens is 304 g/mol. The lowest BCUT2D eigenvalue weighted by Crippen LogP contribution is -2.21. The summed E-state index contributed by atoms with van der Waals surface area (Å²) in [6.07, 6.45) is 0.379. The summed E-state index contributed by atoms with van der Waals surface area (Å²) >= 11 is 0. The summed E-state index contributed by atoms with van der Waals surface area (Å²) in [5.41, 5.74) is 1.07. The Balaban J connectivity index is 1.74. The fraction of sp³-hybridized carbons (Fsp3) is 0.300. The van der Waals surface area contributed by atoms with Crippen molar-refractivity contribution in [1.29, 1.82) is 0 Å². The SMILES string of the molecule is CC(COC(=O)c1ccccc1)CC(C)OC(=O)c1ccccc1. The zero-order valence-corrected chi connectivity index (χ0v) is 14.0. The summed E-state index contributed by atoms with van der Waals surface area (Å²) in [5.74, 6) is -0.579. The summed E-state index contributed by atoms with van der Waals surface area (Å²) in [6.45, 7) is 4.10. The minimum absolute atomic E-state index is 0.0937. The molecule has 4 nitrogen and oxygen atoms in total. The Kier molecular flexibility index (Phi) is 6.55. The molecule has 0 N–H and O–H groups in total. The van der Waals surface area contributed by atoms with Gasteiger partial charge in [-0.1, -0.05) is 43.3 Å². The van der Waals surface area contributed by atoms with Crippen molar-refractivity contribution >= 4 is 11.9 Å². The summed E-state index contributed by atoms with van der Waals surface area (Å²) in [6, 6.07) is 17.8. The number of ether oxygens (including phenoxy) is 2. The molecule has 2 rings (SSSR count). The molecule has 0 saturated heterocycles. The van der Waals surface area contributed by atoms with Gasteiger partial charge in [0.15, 0.2) is 0 Å². The van der Waals surface area contributed by atoms with Gasteiger partial charge in [0.2, 0.25) is 0 Å². The number of hydrogen-bond acceptors (Lipinski definition) is 4. The first-order valence-corrected chi connectivity index (χ1v) is 8.04. The van der Waals surface area contributed by atoms with Crippen LogP contribution in [0.1, 0.15) is 41.0 Å². The molecule has 0 aliphatic heterocycles. The predicted octanol–water partition coefficient (Wildman–Crippen LogP) is 4.12. The van der Waals surface area contributed by atoms with Gasteiger partial charge in [0.05, 0.1) is 23.8 Å². The van der Waals surface area contributed by atoms with Crippen LogP contribution in [0, 0.1) is 5.92 Å². The Labute approximate surface area is 142 Å². The van der Waals surface area contributed by atoms with Gasteiger partial charge >= 0.3 is 11.9 Å². The number of rotatable bonds is 7. The van der Waals surface area contributed by atoms with Gasteiger partial charge < -0.3 is 9.47 Å². The molecule has 2 aromatic rings. The molecule has 0 radical (unpaired) electrons. The van der Waals surface area contributed by atoms with Gasteiger partial charge in [-0.15, -0.1) is 0 Å². The van der Waals surface area contributed by atoms with E-state index in [-0.39, 0.29) is 24.0 Å². The second-order valence-corrected chi connectivity index (χ2v) is 5.89. The summed E-state index contributed by atoms with van der Waals surface area (Å²) < 4.78 is 10.7. The summed E-state index contributed by atoms with van der Waals surface area (Å²) in [7, 11) is 0. The number of esters is 2. The molecule has 4 heteroatoms. The molecule has 2 atom stereocenters. The Morgan fingerprint density at radius 2 is 1.33 bits per heavy atom. The number of carbonyl (C=O) groups excluding carboxylic acids is 2. The molecule has 0 amide bonds. The van der Waals surface area contributed by atoms with Gasteiger partial charge in [0, 0.05) is 0 Å². The monoisotopic (exact) mass is 326 g/mol. The van der Waals surface area contributed by atoms with E-state index in [0.29, 0.717) is 24.2 Å². The van der Waals surface area contributed by atoms with Gasteiger partial charge in [-0.25, -0.2) is 9.59 Å². The lowest BCUT2D eigenvalue weighted by molar-refractivity contribution is 0.0214. The zero-order valence-electron chi connectivity index (χ0n) is 14.0. The van der Waals surface area contributed by atoms with Crippen LogP contribution in [0.15, 0.2) is 60.7 Å². The molecule has 2 aromatic carbocycles. The molecule has 0 heterocycles. The molecule has 0 aliphatic carbocycles. The third-order valence-corrected chi connectivity index (χ3v) is 3.56. The van der Waals surface area contributed by atoms with Gasteiger partial charge in [0.1, 0.15) is 0 Å². The first-order valence-electron chi connectivity index (χ1n) is 8.04. The smallest absolute Gasteiger partial charge is 0.338 e. The van der Waals surface area contributed by atoms with E-state index in [1.165, 1.54) is 0 Å². The number of benzene rings is 2. The Bertz CT molecular complexity index is 652. The van der Waals surface area contributed by atoms with E-state index in [2.05, 4.69) is 0 Å². The van der Waals surface area contributed by atoms with Gasteiger partial charge in [-0.2, -0.15) is 0 Å². The standard InChI is InChI=1S/C20H22O4/c1-15(14-23-19(21)17-9-5-3-6-10-17)13-16(2)24-20(22)18-11-7-4-8-12-18/h3-12,15-16H,13-14H2,1-2H3. The molecule has 2 unspecified atom stereocenters. The highest BCUT2D eigenvalue weighted by molar-refractivity contribution is 5.89. The van der Waals surface area contributed by atoms with E-state index in [1.807, 2.05) is 26.0 Å². The van der Waals surface area contributed by atoms with E-state index in [9.17, 15) is 9.59 Å². The molecular formula is C20H22O4. The lowest BCUT2D eigenvalue weighted by Gasteiger charge is -2.18. The lowest BCUT2D eigenvalue weighted by atomic mass is 10.1. The normalized spacial score (nSPS) is 12.9. The third kappa shape index (κ3) is 5.54. The average Bonchev–Trinajstić information content (AvgIpc) is 2.61. The maximum Gasteiger partial charge on any atom is 0.338 e. The van der Waals surface area contributed by atoms with Crippen molar-refractivity contribution in [3.63, 3.8) is 0 Å². The van der Waals surface area contributed by atoms with Gasteiger partial charge in [-0.05, 0) is 43.5 Å². The van der Waals surface area contributed by atoms with Gasteiger partial charge in [-0.3, -0.25) is 0 Å². The molecule has 0 bridgehead atoms. The topological polar surface area (TPSA) is 52.6 Å². The van der Waals surface area contributed by atoms with Crippen LogP contribution in [-0.4, -0.2) is 24.6 Å². The molecule has 126 valence electrons. The van der Waals surface area contributed by atoms with Crippen molar-refractivity contribution in [2.24, 2.45) is 5.92 Å². The van der Waals surface area contributed by atoms with Crippen molar-refractivity contribution in [1.82, 2.24) is 0 Å². The van der Waals surface area contributed by atoms with E-state index in [1.54, 1.807) is 48.5 Å². The van der Waals surface area contributed by atoms with E-state index < -0.39 is 0 Å². The Hall–Kier alpha value is -2.62. The predicted molar refractivity (Wildman–Crippen MR) is 91.8 cm³/mol. The number of hydrogen-bond donors (Lipinski definition) is 0. The van der Waals surface area contributed by atoms with Crippen LogP contribution in [0.4, 0.5) is 0 Å². The van der Waals surface area contributed by atoms with Crippen LogP contribution in [0.3, 0.4) is 0 Å². The van der Waals surface area contributed by atoms with Crippen LogP contribution in [0.2, 0.25) is 0 Å². The second-order valence-electron chi connectivity index (χ2n) is 5.89. The molecule has 0 aliphatic rings. The van der Waals surface area contributed by atoms with Crippen molar-refractivity contribution in [3.05, 3.63) is 71.8 Å². The number of carbonyl (C=O) groups is 2. The van der Waals surface area contributed by atoms with Crippen molar-refractivity contribution in [3.8, 4) is 0 Å². The van der Waals surface area contributed by atoms with Crippen LogP contribution in [0.5, 0.6) is 0 Å².